The Morgan fingerprint density at radius 1 is 1.14 bits per heavy atom. The maximum absolute atomic E-state index is 12.6. The third kappa shape index (κ3) is 6.05. The Kier molecular flexibility index (Phi) is 6.92. The molecule has 3 rings (SSSR count). The second-order valence-electron chi connectivity index (χ2n) is 7.52. The van der Waals surface area contributed by atoms with E-state index in [4.69, 9.17) is 4.74 Å². The van der Waals surface area contributed by atoms with E-state index in [2.05, 4.69) is 12.1 Å². The number of ether oxygens (including phenoxy) is 1. The summed E-state index contributed by atoms with van der Waals surface area (Å²) in [5.74, 6) is 0.683. The number of rotatable bonds is 8. The second kappa shape index (κ2) is 9.41. The van der Waals surface area contributed by atoms with E-state index in [0.29, 0.717) is 25.4 Å². The van der Waals surface area contributed by atoms with Crippen molar-refractivity contribution in [3.8, 4) is 5.75 Å². The van der Waals surface area contributed by atoms with Gasteiger partial charge in [-0.05, 0) is 49.2 Å². The van der Waals surface area contributed by atoms with Crippen LogP contribution in [0.2, 0.25) is 0 Å². The molecule has 0 unspecified atom stereocenters. The molecule has 0 aromatic heterocycles. The van der Waals surface area contributed by atoms with Crippen LogP contribution in [-0.4, -0.2) is 63.7 Å². The summed E-state index contributed by atoms with van der Waals surface area (Å²) >= 11 is 0. The Morgan fingerprint density at radius 3 is 2.66 bits per heavy atom. The van der Waals surface area contributed by atoms with Crippen molar-refractivity contribution in [2.45, 2.75) is 24.3 Å². The molecular formula is C22H28N2O4S. The van der Waals surface area contributed by atoms with Gasteiger partial charge < -0.3 is 9.64 Å². The van der Waals surface area contributed by atoms with Crippen LogP contribution < -0.4 is 4.74 Å². The molecule has 0 fully saturated rings. The molecule has 0 saturated heterocycles. The first-order chi connectivity index (χ1) is 13.8. The number of carbonyl (C=O) groups is 1. The first-order valence-corrected chi connectivity index (χ1v) is 11.7. The van der Waals surface area contributed by atoms with E-state index in [1.807, 2.05) is 29.0 Å². The highest BCUT2D eigenvalue weighted by atomic mass is 32.2. The molecule has 0 aliphatic carbocycles. The van der Waals surface area contributed by atoms with Crippen LogP contribution in [0.4, 0.5) is 0 Å². The van der Waals surface area contributed by atoms with Crippen molar-refractivity contribution in [1.29, 1.82) is 0 Å². The molecule has 0 N–H and O–H groups in total. The van der Waals surface area contributed by atoms with Gasteiger partial charge in [-0.25, -0.2) is 8.42 Å². The van der Waals surface area contributed by atoms with E-state index in [-0.39, 0.29) is 10.8 Å². The molecule has 1 aliphatic heterocycles. The van der Waals surface area contributed by atoms with E-state index in [1.165, 1.54) is 23.4 Å². The average molecular weight is 417 g/mol. The van der Waals surface area contributed by atoms with Crippen LogP contribution in [-0.2, 0) is 27.6 Å². The average Bonchev–Trinajstić information content (AvgIpc) is 2.70. The Morgan fingerprint density at radius 2 is 1.90 bits per heavy atom. The number of benzene rings is 2. The second-order valence-corrected chi connectivity index (χ2v) is 9.54. The first kappa shape index (κ1) is 21.3. The zero-order chi connectivity index (χ0) is 20.9. The number of sulfone groups is 1. The van der Waals surface area contributed by atoms with E-state index in [9.17, 15) is 13.2 Å². The van der Waals surface area contributed by atoms with Gasteiger partial charge in [0.1, 0.15) is 5.75 Å². The van der Waals surface area contributed by atoms with Gasteiger partial charge in [0.05, 0.1) is 18.0 Å². The lowest BCUT2D eigenvalue weighted by atomic mass is 10.00. The summed E-state index contributed by atoms with van der Waals surface area (Å²) in [6.45, 7) is 3.02. The molecule has 7 heteroatoms. The smallest absolute Gasteiger partial charge is 0.237 e. The summed E-state index contributed by atoms with van der Waals surface area (Å²) in [6, 6.07) is 14.8. The highest BCUT2D eigenvalue weighted by molar-refractivity contribution is 7.90. The van der Waals surface area contributed by atoms with Crippen LogP contribution in [0.3, 0.4) is 0 Å². The molecule has 0 bridgehead atoms. The number of likely N-dealkylation sites (N-methyl/N-ethyl adjacent to an activating group) is 1. The van der Waals surface area contributed by atoms with Crippen LogP contribution in [0.15, 0.2) is 53.4 Å². The predicted octanol–water partition coefficient (Wildman–Crippen LogP) is 2.38. The van der Waals surface area contributed by atoms with Crippen molar-refractivity contribution in [1.82, 2.24) is 9.80 Å². The largest absolute Gasteiger partial charge is 0.494 e. The molecule has 0 saturated carbocycles. The van der Waals surface area contributed by atoms with Gasteiger partial charge in [0, 0.05) is 25.9 Å². The van der Waals surface area contributed by atoms with Gasteiger partial charge in [-0.3, -0.25) is 9.69 Å². The van der Waals surface area contributed by atoms with E-state index in [0.717, 1.165) is 25.9 Å². The Balaban J connectivity index is 1.40. The third-order valence-corrected chi connectivity index (χ3v) is 6.19. The molecule has 156 valence electrons. The van der Waals surface area contributed by atoms with Crippen LogP contribution in [0.25, 0.3) is 0 Å². The fraction of sp³-hybridized carbons (Fsp3) is 0.409. The molecule has 29 heavy (non-hydrogen) atoms. The van der Waals surface area contributed by atoms with Crippen molar-refractivity contribution in [3.05, 3.63) is 59.7 Å². The molecule has 0 spiro atoms. The van der Waals surface area contributed by atoms with Gasteiger partial charge in [0.25, 0.3) is 0 Å². The van der Waals surface area contributed by atoms with Gasteiger partial charge >= 0.3 is 0 Å². The highest BCUT2D eigenvalue weighted by Gasteiger charge is 2.21. The zero-order valence-corrected chi connectivity index (χ0v) is 17.8. The van der Waals surface area contributed by atoms with Gasteiger partial charge in [-0.1, -0.05) is 30.3 Å². The van der Waals surface area contributed by atoms with Crippen LogP contribution >= 0.6 is 0 Å². The van der Waals surface area contributed by atoms with Crippen molar-refractivity contribution < 1.29 is 17.9 Å². The predicted molar refractivity (Wildman–Crippen MR) is 113 cm³/mol. The molecule has 0 radical (unpaired) electrons. The van der Waals surface area contributed by atoms with E-state index >= 15 is 0 Å². The summed E-state index contributed by atoms with van der Waals surface area (Å²) < 4.78 is 28.9. The Bertz CT molecular complexity index is 959. The van der Waals surface area contributed by atoms with Crippen LogP contribution in [0.1, 0.15) is 17.5 Å². The minimum absolute atomic E-state index is 0.142. The number of amides is 1. The van der Waals surface area contributed by atoms with Crippen molar-refractivity contribution in [2.24, 2.45) is 0 Å². The summed E-state index contributed by atoms with van der Waals surface area (Å²) in [5.41, 5.74) is 2.57. The van der Waals surface area contributed by atoms with Crippen molar-refractivity contribution >= 4 is 15.7 Å². The minimum atomic E-state index is -3.24. The fourth-order valence-electron chi connectivity index (χ4n) is 3.44. The van der Waals surface area contributed by atoms with Crippen LogP contribution in [0, 0.1) is 0 Å². The zero-order valence-electron chi connectivity index (χ0n) is 17.0. The lowest BCUT2D eigenvalue weighted by Gasteiger charge is -2.30. The van der Waals surface area contributed by atoms with E-state index < -0.39 is 9.84 Å². The Hall–Kier alpha value is -2.38. The van der Waals surface area contributed by atoms with Gasteiger partial charge in [0.2, 0.25) is 5.91 Å². The fourth-order valence-corrected chi connectivity index (χ4v) is 4.09. The maximum Gasteiger partial charge on any atom is 0.237 e. The Labute approximate surface area is 173 Å². The summed E-state index contributed by atoms with van der Waals surface area (Å²) in [4.78, 5) is 16.8. The third-order valence-electron chi connectivity index (χ3n) is 5.08. The molecule has 2 aromatic rings. The monoisotopic (exact) mass is 416 g/mol. The topological polar surface area (TPSA) is 66.9 Å². The van der Waals surface area contributed by atoms with Gasteiger partial charge in [-0.2, -0.15) is 0 Å². The summed E-state index contributed by atoms with van der Waals surface area (Å²) in [7, 11) is -1.31. The molecule has 1 aliphatic rings. The number of hydrogen-bond acceptors (Lipinski definition) is 5. The lowest BCUT2D eigenvalue weighted by Crippen LogP contribution is -2.42. The number of nitrogens with zero attached hydrogens (tertiary/aromatic N) is 2. The number of fused-ring (bicyclic) bond motifs is 1. The summed E-state index contributed by atoms with van der Waals surface area (Å²) in [5, 5.41) is 0. The molecule has 1 heterocycles. The van der Waals surface area contributed by atoms with Crippen molar-refractivity contribution in [2.75, 3.05) is 39.5 Å². The maximum atomic E-state index is 12.6. The van der Waals surface area contributed by atoms with Crippen molar-refractivity contribution in [3.63, 3.8) is 0 Å². The SMILES string of the molecule is CN(CCCOc1cccc(S(C)(=O)=O)c1)CC(=O)N1CCc2ccccc2C1. The highest BCUT2D eigenvalue weighted by Crippen LogP contribution is 2.19. The van der Waals surface area contributed by atoms with Gasteiger partial charge in [0.15, 0.2) is 9.84 Å². The first-order valence-electron chi connectivity index (χ1n) is 9.79. The minimum Gasteiger partial charge on any atom is -0.494 e. The van der Waals surface area contributed by atoms with Crippen LogP contribution in [0.5, 0.6) is 5.75 Å². The lowest BCUT2D eigenvalue weighted by molar-refractivity contribution is -0.133. The molecular weight excluding hydrogens is 388 g/mol. The molecule has 6 nitrogen and oxygen atoms in total. The molecule has 2 aromatic carbocycles. The molecule has 0 atom stereocenters. The summed E-state index contributed by atoms with van der Waals surface area (Å²) in [6.07, 6.45) is 2.83. The number of carbonyl (C=O) groups excluding carboxylic acids is 1. The normalized spacial score (nSPS) is 14.0. The standard InChI is InChI=1S/C22H28N2O4S/c1-23(12-6-14-28-20-9-5-10-21(15-20)29(2,26)27)17-22(25)24-13-11-18-7-3-4-8-19(18)16-24/h3-5,7-10,15H,6,11-14,16-17H2,1-2H3. The molecule has 1 amide bonds. The quantitative estimate of drug-likeness (QED) is 0.618. The number of hydrogen-bond donors (Lipinski definition) is 0. The van der Waals surface area contributed by atoms with Gasteiger partial charge in [-0.15, -0.1) is 0 Å². The van der Waals surface area contributed by atoms with E-state index in [1.54, 1.807) is 18.2 Å².